The van der Waals surface area contributed by atoms with E-state index in [1.165, 1.54) is 5.70 Å². The number of hydrogen-bond acceptors (Lipinski definition) is 3. The van der Waals surface area contributed by atoms with Gasteiger partial charge in [-0.05, 0) is 34.0 Å². The summed E-state index contributed by atoms with van der Waals surface area (Å²) < 4.78 is 0. The fraction of sp³-hybridized carbons (Fsp3) is 0.800. The van der Waals surface area contributed by atoms with Crippen LogP contribution in [0.25, 0.3) is 0 Å². The van der Waals surface area contributed by atoms with Crippen molar-refractivity contribution in [1.82, 2.24) is 16.0 Å². The second-order valence-corrected chi connectivity index (χ2v) is 3.41. The Morgan fingerprint density at radius 2 is 1.77 bits per heavy atom. The largest absolute Gasteiger partial charge is 0.392 e. The van der Waals surface area contributed by atoms with E-state index in [9.17, 15) is 0 Å². The summed E-state index contributed by atoms with van der Waals surface area (Å²) in [5.41, 5.74) is 1.28. The maximum absolute atomic E-state index is 3.22. The van der Waals surface area contributed by atoms with E-state index < -0.39 is 0 Å². The lowest BCUT2D eigenvalue weighted by atomic mass is 10.1. The summed E-state index contributed by atoms with van der Waals surface area (Å²) in [7, 11) is 5.92. The number of nitrogens with one attached hydrogen (secondary N) is 3. The minimum Gasteiger partial charge on any atom is -0.392 e. The molecule has 0 amide bonds. The molecule has 0 bridgehead atoms. The highest BCUT2D eigenvalue weighted by Crippen LogP contribution is 2.02. The van der Waals surface area contributed by atoms with Gasteiger partial charge < -0.3 is 16.0 Å². The second-order valence-electron chi connectivity index (χ2n) is 3.41. The van der Waals surface area contributed by atoms with Gasteiger partial charge in [0.05, 0.1) is 0 Å². The molecule has 0 aromatic carbocycles. The zero-order valence-corrected chi connectivity index (χ0v) is 9.44. The fourth-order valence-electron chi connectivity index (χ4n) is 1.07. The van der Waals surface area contributed by atoms with Gasteiger partial charge in [0.25, 0.3) is 0 Å². The van der Waals surface area contributed by atoms with E-state index in [0.717, 1.165) is 6.42 Å². The topological polar surface area (TPSA) is 36.1 Å². The molecular formula is C10H23N3. The molecule has 0 aliphatic carbocycles. The molecule has 2 atom stereocenters. The first kappa shape index (κ1) is 12.5. The van der Waals surface area contributed by atoms with E-state index >= 15 is 0 Å². The number of hydrogen-bond donors (Lipinski definition) is 3. The molecule has 3 nitrogen and oxygen atoms in total. The number of likely N-dealkylation sites (N-methyl/N-ethyl adjacent to an activating group) is 1. The maximum Gasteiger partial charge on any atom is 0.0238 e. The van der Waals surface area contributed by atoms with Gasteiger partial charge in [0, 0.05) is 31.2 Å². The Labute approximate surface area is 82.0 Å². The molecule has 0 spiro atoms. The highest BCUT2D eigenvalue weighted by atomic mass is 14.9. The molecule has 0 saturated heterocycles. The quantitative estimate of drug-likeness (QED) is 0.570. The Kier molecular flexibility index (Phi) is 6.63. The predicted molar refractivity (Wildman–Crippen MR) is 58.8 cm³/mol. The third-order valence-electron chi connectivity index (χ3n) is 2.25. The van der Waals surface area contributed by atoms with Crippen LogP contribution in [-0.2, 0) is 0 Å². The van der Waals surface area contributed by atoms with Crippen LogP contribution in [0.15, 0.2) is 11.8 Å². The van der Waals surface area contributed by atoms with Crippen LogP contribution in [0.5, 0.6) is 0 Å². The van der Waals surface area contributed by atoms with Crippen molar-refractivity contribution in [1.29, 1.82) is 0 Å². The fourth-order valence-corrected chi connectivity index (χ4v) is 1.07. The van der Waals surface area contributed by atoms with Gasteiger partial charge in [0.1, 0.15) is 0 Å². The summed E-state index contributed by atoms with van der Waals surface area (Å²) in [5.74, 6) is 0. The molecule has 0 aromatic rings. The minimum absolute atomic E-state index is 0.423. The van der Waals surface area contributed by atoms with Gasteiger partial charge in [-0.3, -0.25) is 0 Å². The van der Waals surface area contributed by atoms with Crippen molar-refractivity contribution in [3.8, 4) is 0 Å². The minimum atomic E-state index is 0.423. The Hall–Kier alpha value is -0.540. The molecule has 0 aliphatic rings. The molecule has 0 aliphatic heterocycles. The first-order valence-corrected chi connectivity index (χ1v) is 4.87. The van der Waals surface area contributed by atoms with E-state index in [1.807, 2.05) is 21.1 Å². The summed E-state index contributed by atoms with van der Waals surface area (Å²) in [6, 6.07) is 0.939. The van der Waals surface area contributed by atoms with Crippen LogP contribution in [0.3, 0.4) is 0 Å². The molecule has 0 fully saturated rings. The van der Waals surface area contributed by atoms with E-state index in [-0.39, 0.29) is 0 Å². The van der Waals surface area contributed by atoms with Crippen molar-refractivity contribution in [2.45, 2.75) is 32.4 Å². The third kappa shape index (κ3) is 5.66. The Morgan fingerprint density at radius 3 is 2.15 bits per heavy atom. The van der Waals surface area contributed by atoms with Crippen molar-refractivity contribution >= 4 is 0 Å². The molecule has 0 saturated carbocycles. The normalized spacial score (nSPS) is 16.8. The Balaban J connectivity index is 4.08. The molecule has 3 N–H and O–H groups in total. The van der Waals surface area contributed by atoms with Gasteiger partial charge in [-0.25, -0.2) is 0 Å². The Morgan fingerprint density at radius 1 is 1.15 bits per heavy atom. The lowest BCUT2D eigenvalue weighted by Gasteiger charge is -2.15. The van der Waals surface area contributed by atoms with E-state index in [4.69, 9.17) is 0 Å². The summed E-state index contributed by atoms with van der Waals surface area (Å²) in [5, 5.41) is 9.62. The van der Waals surface area contributed by atoms with Gasteiger partial charge in [0.15, 0.2) is 0 Å². The standard InChI is InChI=1S/C10H23N3/c1-8(11-3)6-10(13-5)7-9(2)12-4/h6,8-9,11-13H,7H2,1-5H3. The SMILES string of the molecule is CNC(=CC(C)NC)CC(C)NC. The van der Waals surface area contributed by atoms with Crippen LogP contribution in [0.4, 0.5) is 0 Å². The maximum atomic E-state index is 3.22. The predicted octanol–water partition coefficient (Wildman–Crippen LogP) is 0.696. The number of rotatable bonds is 6. The first-order chi connectivity index (χ1) is 6.13. The van der Waals surface area contributed by atoms with Gasteiger partial charge in [0.2, 0.25) is 0 Å². The van der Waals surface area contributed by atoms with E-state index in [0.29, 0.717) is 12.1 Å². The zero-order valence-electron chi connectivity index (χ0n) is 9.44. The summed E-state index contributed by atoms with van der Waals surface area (Å²) in [4.78, 5) is 0. The molecule has 0 heterocycles. The first-order valence-electron chi connectivity index (χ1n) is 4.87. The van der Waals surface area contributed by atoms with Crippen LogP contribution in [0, 0.1) is 0 Å². The molecule has 0 rings (SSSR count). The average Bonchev–Trinajstić information content (AvgIpc) is 2.16. The molecular weight excluding hydrogens is 162 g/mol. The van der Waals surface area contributed by atoms with Crippen LogP contribution in [0.2, 0.25) is 0 Å². The van der Waals surface area contributed by atoms with Crippen LogP contribution < -0.4 is 16.0 Å². The Bertz CT molecular complexity index is 154. The third-order valence-corrected chi connectivity index (χ3v) is 2.25. The summed E-state index contributed by atoms with van der Waals surface area (Å²) in [6.07, 6.45) is 3.26. The molecule has 13 heavy (non-hydrogen) atoms. The van der Waals surface area contributed by atoms with Crippen molar-refractivity contribution in [3.63, 3.8) is 0 Å². The highest BCUT2D eigenvalue weighted by Gasteiger charge is 2.03. The van der Waals surface area contributed by atoms with Crippen LogP contribution in [-0.4, -0.2) is 33.2 Å². The van der Waals surface area contributed by atoms with Crippen molar-refractivity contribution in [2.24, 2.45) is 0 Å². The zero-order chi connectivity index (χ0) is 10.3. The molecule has 78 valence electrons. The molecule has 0 aromatic heterocycles. The second kappa shape index (κ2) is 6.92. The summed E-state index contributed by atoms with van der Waals surface area (Å²) >= 11 is 0. The highest BCUT2D eigenvalue weighted by molar-refractivity contribution is 5.04. The van der Waals surface area contributed by atoms with Crippen molar-refractivity contribution in [2.75, 3.05) is 21.1 Å². The lowest BCUT2D eigenvalue weighted by Crippen LogP contribution is -2.26. The van der Waals surface area contributed by atoms with Gasteiger partial charge in [-0.1, -0.05) is 0 Å². The van der Waals surface area contributed by atoms with Gasteiger partial charge in [-0.15, -0.1) is 0 Å². The molecule has 3 heteroatoms. The van der Waals surface area contributed by atoms with Crippen LogP contribution in [0.1, 0.15) is 20.3 Å². The molecule has 2 unspecified atom stereocenters. The monoisotopic (exact) mass is 185 g/mol. The lowest BCUT2D eigenvalue weighted by molar-refractivity contribution is 0.583. The van der Waals surface area contributed by atoms with Gasteiger partial charge >= 0.3 is 0 Å². The summed E-state index contributed by atoms with van der Waals surface area (Å²) in [6.45, 7) is 4.32. The van der Waals surface area contributed by atoms with Crippen molar-refractivity contribution < 1.29 is 0 Å². The average molecular weight is 185 g/mol. The molecule has 0 radical (unpaired) electrons. The van der Waals surface area contributed by atoms with Gasteiger partial charge in [-0.2, -0.15) is 0 Å². The smallest absolute Gasteiger partial charge is 0.0238 e. The van der Waals surface area contributed by atoms with Crippen molar-refractivity contribution in [3.05, 3.63) is 11.8 Å². The van der Waals surface area contributed by atoms with E-state index in [2.05, 4.69) is 35.9 Å². The van der Waals surface area contributed by atoms with Crippen LogP contribution >= 0.6 is 0 Å². The van der Waals surface area contributed by atoms with E-state index in [1.54, 1.807) is 0 Å².